The average Bonchev–Trinajstić information content (AvgIpc) is 3.04. The number of rotatable bonds is 1. The zero-order valence-electron chi connectivity index (χ0n) is 9.35. The fraction of sp³-hybridized carbons (Fsp3) is 0.231. The highest BCUT2D eigenvalue weighted by Crippen LogP contribution is 2.73. The first kappa shape index (κ1) is 12.5. The van der Waals surface area contributed by atoms with Crippen LogP contribution in [0, 0.1) is 67.8 Å². The largest absolute Gasteiger partial charge is 0.207 e. The minimum absolute atomic E-state index is 0.300. The molecule has 2 rings (SSSR count). The van der Waals surface area contributed by atoms with Gasteiger partial charge in [-0.25, -0.2) is 8.78 Å². The minimum atomic E-state index is -1.97. The molecule has 1 saturated carbocycles. The molecule has 19 heavy (non-hydrogen) atoms. The van der Waals surface area contributed by atoms with Gasteiger partial charge in [0.05, 0.1) is 30.2 Å². The molecule has 0 radical (unpaired) electrons. The molecule has 0 bridgehead atoms. The van der Waals surface area contributed by atoms with Gasteiger partial charge >= 0.3 is 0 Å². The van der Waals surface area contributed by atoms with Crippen LogP contribution >= 0.6 is 0 Å². The van der Waals surface area contributed by atoms with E-state index in [0.717, 1.165) is 18.2 Å². The first-order valence-electron chi connectivity index (χ1n) is 5.13. The third-order valence-corrected chi connectivity index (χ3v) is 3.38. The topological polar surface area (TPSA) is 95.2 Å². The molecule has 6 heteroatoms. The van der Waals surface area contributed by atoms with Gasteiger partial charge in [0.15, 0.2) is 10.8 Å². The second kappa shape index (κ2) is 3.77. The number of nitriles is 4. The van der Waals surface area contributed by atoms with Crippen molar-refractivity contribution in [1.82, 2.24) is 0 Å². The predicted molar refractivity (Wildman–Crippen MR) is 56.4 cm³/mol. The Hall–Kier alpha value is -2.96. The number of halogens is 2. The average molecular weight is 254 g/mol. The molecule has 90 valence electrons. The van der Waals surface area contributed by atoms with Crippen LogP contribution < -0.4 is 0 Å². The summed E-state index contributed by atoms with van der Waals surface area (Å²) in [6, 6.07) is 8.90. The number of benzene rings is 1. The molecule has 0 amide bonds. The summed E-state index contributed by atoms with van der Waals surface area (Å²) < 4.78 is 26.8. The van der Waals surface area contributed by atoms with Gasteiger partial charge in [-0.3, -0.25) is 0 Å². The first-order chi connectivity index (χ1) is 9.02. The first-order valence-corrected chi connectivity index (χ1v) is 5.13. The Morgan fingerprint density at radius 3 is 1.79 bits per heavy atom. The quantitative estimate of drug-likeness (QED) is 0.766. The highest BCUT2D eigenvalue weighted by Gasteiger charge is 2.82. The Morgan fingerprint density at radius 1 is 0.895 bits per heavy atom. The van der Waals surface area contributed by atoms with E-state index in [1.54, 1.807) is 24.3 Å². The van der Waals surface area contributed by atoms with Crippen molar-refractivity contribution in [2.24, 2.45) is 10.8 Å². The van der Waals surface area contributed by atoms with Crippen LogP contribution in [0.25, 0.3) is 0 Å². The summed E-state index contributed by atoms with van der Waals surface area (Å²) in [6.45, 7) is 0. The molecule has 1 fully saturated rings. The molecule has 1 aliphatic carbocycles. The second-order valence-corrected chi connectivity index (χ2v) is 4.16. The Morgan fingerprint density at radius 2 is 1.37 bits per heavy atom. The van der Waals surface area contributed by atoms with E-state index >= 15 is 0 Å². The van der Waals surface area contributed by atoms with Gasteiger partial charge in [-0.05, 0) is 23.8 Å². The number of hydrogen-bond acceptors (Lipinski definition) is 4. The molecular formula is C13H4F2N4. The highest BCUT2D eigenvalue weighted by atomic mass is 19.1. The number of nitrogens with zero attached hydrogens (tertiary/aromatic N) is 4. The number of hydrogen-bond donors (Lipinski definition) is 0. The molecule has 0 aliphatic heterocycles. The van der Waals surface area contributed by atoms with Gasteiger partial charge < -0.3 is 0 Å². The van der Waals surface area contributed by atoms with E-state index in [1.165, 1.54) is 0 Å². The maximum Gasteiger partial charge on any atom is 0.185 e. The van der Waals surface area contributed by atoms with E-state index < -0.39 is 28.4 Å². The van der Waals surface area contributed by atoms with E-state index in [9.17, 15) is 8.78 Å². The summed E-state index contributed by atoms with van der Waals surface area (Å²) in [5, 5.41) is 36.2. The smallest absolute Gasteiger partial charge is 0.185 e. The van der Waals surface area contributed by atoms with Gasteiger partial charge in [0.2, 0.25) is 0 Å². The lowest BCUT2D eigenvalue weighted by Gasteiger charge is -2.01. The highest BCUT2D eigenvalue weighted by molar-refractivity contribution is 5.59. The zero-order valence-corrected chi connectivity index (χ0v) is 9.35. The van der Waals surface area contributed by atoms with Crippen molar-refractivity contribution >= 4 is 0 Å². The van der Waals surface area contributed by atoms with E-state index in [0.29, 0.717) is 0 Å². The maximum atomic E-state index is 13.7. The van der Waals surface area contributed by atoms with Crippen molar-refractivity contribution in [2.75, 3.05) is 0 Å². The van der Waals surface area contributed by atoms with Crippen LogP contribution in [0.4, 0.5) is 8.78 Å². The van der Waals surface area contributed by atoms with Crippen LogP contribution in [-0.4, -0.2) is 0 Å². The lowest BCUT2D eigenvalue weighted by Crippen LogP contribution is -2.05. The van der Waals surface area contributed by atoms with Crippen LogP contribution in [0.2, 0.25) is 0 Å². The lowest BCUT2D eigenvalue weighted by molar-refractivity contribution is 0.580. The van der Waals surface area contributed by atoms with Crippen LogP contribution in [0.1, 0.15) is 11.5 Å². The molecule has 4 nitrogen and oxygen atoms in total. The van der Waals surface area contributed by atoms with E-state index in [1.807, 2.05) is 0 Å². The molecule has 0 unspecified atom stereocenters. The molecule has 0 aromatic heterocycles. The van der Waals surface area contributed by atoms with E-state index in [-0.39, 0.29) is 5.56 Å². The molecule has 0 atom stereocenters. The van der Waals surface area contributed by atoms with Crippen molar-refractivity contribution in [2.45, 2.75) is 5.92 Å². The molecule has 1 aromatic rings. The second-order valence-electron chi connectivity index (χ2n) is 4.16. The van der Waals surface area contributed by atoms with Gasteiger partial charge in [0.1, 0.15) is 11.6 Å². The SMILES string of the molecule is N#CC1(C#N)C(c2cc(F)ccc2F)C1(C#N)C#N. The normalized spacial score (nSPS) is 18.4. The van der Waals surface area contributed by atoms with Crippen LogP contribution in [0.5, 0.6) is 0 Å². The van der Waals surface area contributed by atoms with Crippen LogP contribution in [-0.2, 0) is 0 Å². The van der Waals surface area contributed by atoms with Crippen LogP contribution in [0.15, 0.2) is 18.2 Å². The molecule has 0 heterocycles. The van der Waals surface area contributed by atoms with Gasteiger partial charge in [-0.15, -0.1) is 0 Å². The summed E-state index contributed by atoms with van der Waals surface area (Å²) >= 11 is 0. The summed E-state index contributed by atoms with van der Waals surface area (Å²) in [4.78, 5) is 0. The van der Waals surface area contributed by atoms with Gasteiger partial charge in [0, 0.05) is 0 Å². The van der Waals surface area contributed by atoms with Gasteiger partial charge in [-0.2, -0.15) is 21.0 Å². The Labute approximate surface area is 107 Å². The molecule has 0 spiro atoms. The van der Waals surface area contributed by atoms with Gasteiger partial charge in [0.25, 0.3) is 0 Å². The minimum Gasteiger partial charge on any atom is -0.207 e. The summed E-state index contributed by atoms with van der Waals surface area (Å²) in [6.07, 6.45) is 0. The maximum absolute atomic E-state index is 13.7. The fourth-order valence-corrected chi connectivity index (χ4v) is 2.34. The molecule has 1 aliphatic rings. The Kier molecular flexibility index (Phi) is 2.48. The fourth-order valence-electron chi connectivity index (χ4n) is 2.34. The van der Waals surface area contributed by atoms with E-state index in [4.69, 9.17) is 21.0 Å². The summed E-state index contributed by atoms with van der Waals surface area (Å²) in [7, 11) is 0. The molecule has 0 saturated heterocycles. The Balaban J connectivity index is 2.69. The lowest BCUT2D eigenvalue weighted by atomic mass is 9.98. The zero-order chi connectivity index (χ0) is 14.3. The van der Waals surface area contributed by atoms with Gasteiger partial charge in [-0.1, -0.05) is 0 Å². The van der Waals surface area contributed by atoms with Crippen molar-refractivity contribution in [3.8, 4) is 24.3 Å². The standard InChI is InChI=1S/C13H4F2N4/c14-8-1-2-10(15)9(3-8)11-12(4-16,5-17)13(11,6-18)7-19/h1-3,11H. The van der Waals surface area contributed by atoms with Crippen LogP contribution in [0.3, 0.4) is 0 Å². The summed E-state index contributed by atoms with van der Waals surface area (Å²) in [5.41, 5.74) is -4.23. The van der Waals surface area contributed by atoms with Crippen molar-refractivity contribution in [3.05, 3.63) is 35.4 Å². The van der Waals surface area contributed by atoms with Crippen molar-refractivity contribution < 1.29 is 8.78 Å². The van der Waals surface area contributed by atoms with Crippen molar-refractivity contribution in [1.29, 1.82) is 21.0 Å². The molecule has 1 aromatic carbocycles. The third kappa shape index (κ3) is 1.26. The third-order valence-electron chi connectivity index (χ3n) is 3.38. The predicted octanol–water partition coefficient (Wildman–Crippen LogP) is 2.13. The molecule has 0 N–H and O–H groups in total. The monoisotopic (exact) mass is 254 g/mol. The molecular weight excluding hydrogens is 250 g/mol. The Bertz CT molecular complexity index is 661. The summed E-state index contributed by atoms with van der Waals surface area (Å²) in [5.74, 6) is -2.90. The van der Waals surface area contributed by atoms with E-state index in [2.05, 4.69) is 0 Å². The van der Waals surface area contributed by atoms with Crippen molar-refractivity contribution in [3.63, 3.8) is 0 Å².